The number of rotatable bonds is 7. The van der Waals surface area contributed by atoms with Crippen LogP contribution in [0.25, 0.3) is 0 Å². The second-order valence-corrected chi connectivity index (χ2v) is 5.13. The predicted octanol–water partition coefficient (Wildman–Crippen LogP) is 1.74. The van der Waals surface area contributed by atoms with Gasteiger partial charge in [0.05, 0.1) is 6.54 Å². The molecule has 0 bridgehead atoms. The zero-order valence-electron chi connectivity index (χ0n) is 11.7. The fraction of sp³-hybridized carbons (Fsp3) is 0.467. The largest absolute Gasteiger partial charge is 0.480 e. The van der Waals surface area contributed by atoms with E-state index in [0.717, 1.165) is 0 Å². The van der Waals surface area contributed by atoms with Crippen LogP contribution in [0.1, 0.15) is 30.9 Å². The Hall–Kier alpha value is -1.59. The molecule has 0 radical (unpaired) electrons. The van der Waals surface area contributed by atoms with Gasteiger partial charge in [-0.1, -0.05) is 36.8 Å². The van der Waals surface area contributed by atoms with E-state index in [1.165, 1.54) is 24.8 Å². The molecule has 1 unspecified atom stereocenters. The van der Waals surface area contributed by atoms with Crippen molar-refractivity contribution >= 4 is 24.3 Å². The molecule has 0 saturated heterocycles. The van der Waals surface area contributed by atoms with Crippen molar-refractivity contribution in [2.24, 2.45) is 5.92 Å². The minimum absolute atomic E-state index is 0. The van der Waals surface area contributed by atoms with Crippen molar-refractivity contribution < 1.29 is 14.7 Å². The highest BCUT2D eigenvalue weighted by Gasteiger charge is 2.28. The van der Waals surface area contributed by atoms with E-state index in [2.05, 4.69) is 22.8 Å². The molecule has 0 heterocycles. The Balaban J connectivity index is 0.00000220. The quantitative estimate of drug-likeness (QED) is 0.716. The lowest BCUT2D eigenvalue weighted by Crippen LogP contribution is -2.40. The third-order valence-corrected chi connectivity index (χ3v) is 3.70. The third kappa shape index (κ3) is 5.36. The second-order valence-electron chi connectivity index (χ2n) is 5.13. The van der Waals surface area contributed by atoms with Crippen LogP contribution in [0.5, 0.6) is 0 Å². The van der Waals surface area contributed by atoms with Gasteiger partial charge in [-0.25, -0.2) is 0 Å². The molecule has 21 heavy (non-hydrogen) atoms. The van der Waals surface area contributed by atoms with E-state index in [1.54, 1.807) is 0 Å². The lowest BCUT2D eigenvalue weighted by atomic mass is 9.77. The molecule has 0 aromatic heterocycles. The average molecular weight is 313 g/mol. The van der Waals surface area contributed by atoms with Gasteiger partial charge in [-0.2, -0.15) is 0 Å². The number of hydrogen-bond donors (Lipinski definition) is 3. The lowest BCUT2D eigenvalue weighted by molar-refractivity contribution is -0.137. The Kier molecular flexibility index (Phi) is 7.19. The molecule has 1 aromatic carbocycles. The molecule has 0 aliphatic heterocycles. The van der Waals surface area contributed by atoms with Crippen LogP contribution < -0.4 is 10.6 Å². The van der Waals surface area contributed by atoms with Crippen molar-refractivity contribution in [1.82, 2.24) is 10.6 Å². The standard InChI is InChI=1S/C15H20N2O3.ClH/c18-13(16-10-14(19)20)9-17-15(12-7-4-8-12)11-5-2-1-3-6-11;/h1-3,5-6,12,15,17H,4,7-10H2,(H,16,18)(H,19,20);1H. The molecule has 1 atom stereocenters. The summed E-state index contributed by atoms with van der Waals surface area (Å²) < 4.78 is 0. The first kappa shape index (κ1) is 17.5. The Morgan fingerprint density at radius 2 is 1.86 bits per heavy atom. The fourth-order valence-corrected chi connectivity index (χ4v) is 2.43. The molecule has 3 N–H and O–H groups in total. The smallest absolute Gasteiger partial charge is 0.322 e. The number of carbonyl (C=O) groups is 2. The van der Waals surface area contributed by atoms with Crippen LogP contribution in [0.3, 0.4) is 0 Å². The van der Waals surface area contributed by atoms with E-state index in [4.69, 9.17) is 5.11 Å². The maximum absolute atomic E-state index is 11.6. The van der Waals surface area contributed by atoms with Gasteiger partial charge in [0.15, 0.2) is 0 Å². The highest BCUT2D eigenvalue weighted by molar-refractivity contribution is 5.85. The van der Waals surface area contributed by atoms with Crippen LogP contribution in [0.4, 0.5) is 0 Å². The van der Waals surface area contributed by atoms with Crippen molar-refractivity contribution in [3.8, 4) is 0 Å². The Morgan fingerprint density at radius 1 is 1.19 bits per heavy atom. The molecule has 116 valence electrons. The van der Waals surface area contributed by atoms with Crippen molar-refractivity contribution in [2.75, 3.05) is 13.1 Å². The molecule has 1 fully saturated rings. The molecule has 6 heteroatoms. The summed E-state index contributed by atoms with van der Waals surface area (Å²) in [6.07, 6.45) is 3.58. The van der Waals surface area contributed by atoms with Crippen molar-refractivity contribution in [2.45, 2.75) is 25.3 Å². The number of amides is 1. The summed E-state index contributed by atoms with van der Waals surface area (Å²) in [6, 6.07) is 10.2. The summed E-state index contributed by atoms with van der Waals surface area (Å²) in [4.78, 5) is 22.0. The maximum atomic E-state index is 11.6. The summed E-state index contributed by atoms with van der Waals surface area (Å²) in [5.74, 6) is -0.755. The van der Waals surface area contributed by atoms with Gasteiger partial charge >= 0.3 is 5.97 Å². The normalized spacial score (nSPS) is 15.4. The van der Waals surface area contributed by atoms with Crippen molar-refractivity contribution in [3.05, 3.63) is 35.9 Å². The van der Waals surface area contributed by atoms with Gasteiger partial charge in [-0.05, 0) is 24.3 Å². The van der Waals surface area contributed by atoms with E-state index < -0.39 is 5.97 Å². The van der Waals surface area contributed by atoms with Gasteiger partial charge in [0.25, 0.3) is 0 Å². The lowest BCUT2D eigenvalue weighted by Gasteiger charge is -2.34. The number of carbonyl (C=O) groups excluding carboxylic acids is 1. The predicted molar refractivity (Wildman–Crippen MR) is 82.4 cm³/mol. The Bertz CT molecular complexity index is 463. The van der Waals surface area contributed by atoms with Crippen LogP contribution in [0, 0.1) is 5.92 Å². The minimum atomic E-state index is -1.03. The maximum Gasteiger partial charge on any atom is 0.322 e. The fourth-order valence-electron chi connectivity index (χ4n) is 2.43. The van der Waals surface area contributed by atoms with Crippen LogP contribution in [-0.4, -0.2) is 30.1 Å². The summed E-state index contributed by atoms with van der Waals surface area (Å²) in [7, 11) is 0. The molecule has 1 amide bonds. The SMILES string of the molecule is Cl.O=C(O)CNC(=O)CNC(c1ccccc1)C1CCC1. The number of carboxylic acid groups (broad SMARTS) is 1. The Morgan fingerprint density at radius 3 is 2.38 bits per heavy atom. The van der Waals surface area contributed by atoms with Crippen LogP contribution in [-0.2, 0) is 9.59 Å². The molecular weight excluding hydrogens is 292 g/mol. The van der Waals surface area contributed by atoms with Gasteiger partial charge in [0, 0.05) is 6.04 Å². The van der Waals surface area contributed by atoms with E-state index in [0.29, 0.717) is 5.92 Å². The van der Waals surface area contributed by atoms with E-state index >= 15 is 0 Å². The Labute approximate surface area is 130 Å². The number of benzene rings is 1. The van der Waals surface area contributed by atoms with E-state index in [1.807, 2.05) is 18.2 Å². The monoisotopic (exact) mass is 312 g/mol. The first-order valence-corrected chi connectivity index (χ1v) is 6.93. The van der Waals surface area contributed by atoms with E-state index in [9.17, 15) is 9.59 Å². The molecule has 2 rings (SSSR count). The van der Waals surface area contributed by atoms with Gasteiger partial charge in [0.1, 0.15) is 6.54 Å². The van der Waals surface area contributed by atoms with Crippen LogP contribution in [0.15, 0.2) is 30.3 Å². The molecule has 1 saturated carbocycles. The molecular formula is C15H21ClN2O3. The highest BCUT2D eigenvalue weighted by atomic mass is 35.5. The first-order valence-electron chi connectivity index (χ1n) is 6.93. The summed E-state index contributed by atoms with van der Waals surface area (Å²) in [6.45, 7) is -0.191. The van der Waals surface area contributed by atoms with Crippen molar-refractivity contribution in [3.63, 3.8) is 0 Å². The summed E-state index contributed by atoms with van der Waals surface area (Å²) >= 11 is 0. The minimum Gasteiger partial charge on any atom is -0.480 e. The highest BCUT2D eigenvalue weighted by Crippen LogP contribution is 2.37. The van der Waals surface area contributed by atoms with E-state index in [-0.39, 0.29) is 37.4 Å². The number of carboxylic acids is 1. The molecule has 1 aliphatic rings. The van der Waals surface area contributed by atoms with Crippen molar-refractivity contribution in [1.29, 1.82) is 0 Å². The number of aliphatic carboxylic acids is 1. The summed E-state index contributed by atoms with van der Waals surface area (Å²) in [5, 5.41) is 14.1. The molecule has 1 aliphatic carbocycles. The zero-order valence-corrected chi connectivity index (χ0v) is 12.6. The molecule has 1 aromatic rings. The van der Waals surface area contributed by atoms with Gasteiger partial charge < -0.3 is 15.7 Å². The molecule has 0 spiro atoms. The van der Waals surface area contributed by atoms with Gasteiger partial charge in [0.2, 0.25) is 5.91 Å². The first-order chi connectivity index (χ1) is 9.66. The topological polar surface area (TPSA) is 78.4 Å². The average Bonchev–Trinajstić information content (AvgIpc) is 2.39. The number of halogens is 1. The van der Waals surface area contributed by atoms with Crippen LogP contribution >= 0.6 is 12.4 Å². The zero-order chi connectivity index (χ0) is 14.4. The number of nitrogens with one attached hydrogen (secondary N) is 2. The second kappa shape index (κ2) is 8.64. The third-order valence-electron chi connectivity index (χ3n) is 3.70. The van der Waals surface area contributed by atoms with Gasteiger partial charge in [-0.3, -0.25) is 9.59 Å². The molecule has 5 nitrogen and oxygen atoms in total. The van der Waals surface area contributed by atoms with Gasteiger partial charge in [-0.15, -0.1) is 12.4 Å². The number of hydrogen-bond acceptors (Lipinski definition) is 3. The van der Waals surface area contributed by atoms with Crippen LogP contribution in [0.2, 0.25) is 0 Å². The summed E-state index contributed by atoms with van der Waals surface area (Å²) in [5.41, 5.74) is 1.18.